The molecule has 0 aliphatic carbocycles. The van der Waals surface area contributed by atoms with Gasteiger partial charge in [0.2, 0.25) is 5.28 Å². The average Bonchev–Trinajstić information content (AvgIpc) is 2.35. The topological polar surface area (TPSA) is 68.0 Å². The summed E-state index contributed by atoms with van der Waals surface area (Å²) >= 11 is 5.44. The van der Waals surface area contributed by atoms with E-state index < -0.39 is 5.97 Å². The number of carboxylic acids is 1. The predicted octanol–water partition coefficient (Wildman–Crippen LogP) is 0.796. The van der Waals surface area contributed by atoms with E-state index in [0.29, 0.717) is 13.0 Å². The molecule has 0 spiro atoms. The van der Waals surface area contributed by atoms with Crippen molar-refractivity contribution < 1.29 is 9.90 Å². The fourth-order valence-electron chi connectivity index (χ4n) is 0.772. The van der Waals surface area contributed by atoms with Gasteiger partial charge in [0.05, 0.1) is 0 Å². The molecule has 0 saturated carbocycles. The van der Waals surface area contributed by atoms with Gasteiger partial charge >= 0.3 is 5.97 Å². The molecule has 6 heteroatoms. The summed E-state index contributed by atoms with van der Waals surface area (Å²) in [7, 11) is 0. The van der Waals surface area contributed by atoms with Crippen molar-refractivity contribution in [3.63, 3.8) is 0 Å². The standard InChI is InChI=1S/C6H8ClN3O2/c7-6-8-4-10(9-6)3-1-2-5(11)12/h4H,1-3H2,(H,11,12). The van der Waals surface area contributed by atoms with E-state index >= 15 is 0 Å². The second kappa shape index (κ2) is 4.06. The van der Waals surface area contributed by atoms with Gasteiger partial charge in [-0.15, -0.1) is 5.10 Å². The van der Waals surface area contributed by atoms with Crippen LogP contribution in [0.1, 0.15) is 12.8 Å². The smallest absolute Gasteiger partial charge is 0.303 e. The highest BCUT2D eigenvalue weighted by Gasteiger charge is 1.99. The molecule has 1 aromatic heterocycles. The van der Waals surface area contributed by atoms with E-state index in [1.807, 2.05) is 0 Å². The molecule has 0 saturated heterocycles. The largest absolute Gasteiger partial charge is 0.481 e. The molecule has 12 heavy (non-hydrogen) atoms. The first-order valence-corrected chi connectivity index (χ1v) is 3.83. The molecule has 0 aliphatic rings. The lowest BCUT2D eigenvalue weighted by molar-refractivity contribution is -0.137. The first-order chi connectivity index (χ1) is 5.68. The molecule has 0 aliphatic heterocycles. The molecule has 0 atom stereocenters. The molecule has 0 aromatic carbocycles. The number of aromatic nitrogens is 3. The number of carboxylic acid groups (broad SMARTS) is 1. The van der Waals surface area contributed by atoms with Gasteiger partial charge in [0, 0.05) is 13.0 Å². The SMILES string of the molecule is O=C(O)CCCn1cnc(Cl)n1. The first-order valence-electron chi connectivity index (χ1n) is 3.45. The van der Waals surface area contributed by atoms with Crippen molar-refractivity contribution in [1.29, 1.82) is 0 Å². The van der Waals surface area contributed by atoms with E-state index in [9.17, 15) is 4.79 Å². The number of carbonyl (C=O) groups is 1. The van der Waals surface area contributed by atoms with Gasteiger partial charge in [0.25, 0.3) is 0 Å². The lowest BCUT2D eigenvalue weighted by Gasteiger charge is -1.96. The molecule has 1 heterocycles. The van der Waals surface area contributed by atoms with Crippen LogP contribution in [-0.4, -0.2) is 25.8 Å². The van der Waals surface area contributed by atoms with Crippen molar-refractivity contribution in [2.24, 2.45) is 0 Å². The quantitative estimate of drug-likeness (QED) is 0.761. The Morgan fingerprint density at radius 3 is 3.00 bits per heavy atom. The lowest BCUT2D eigenvalue weighted by Crippen LogP contribution is -2.02. The third-order valence-corrected chi connectivity index (χ3v) is 1.46. The third kappa shape index (κ3) is 2.87. The Morgan fingerprint density at radius 2 is 2.50 bits per heavy atom. The van der Waals surface area contributed by atoms with Crippen LogP contribution >= 0.6 is 11.6 Å². The zero-order chi connectivity index (χ0) is 8.97. The highest BCUT2D eigenvalue weighted by atomic mass is 35.5. The van der Waals surface area contributed by atoms with Crippen molar-refractivity contribution >= 4 is 17.6 Å². The predicted molar refractivity (Wildman–Crippen MR) is 41.9 cm³/mol. The van der Waals surface area contributed by atoms with Gasteiger partial charge in [-0.1, -0.05) is 0 Å². The van der Waals surface area contributed by atoms with Crippen LogP contribution in [0.2, 0.25) is 5.28 Å². The molecule has 0 amide bonds. The molecule has 5 nitrogen and oxygen atoms in total. The number of hydrogen-bond donors (Lipinski definition) is 1. The Bertz CT molecular complexity index is 274. The molecule has 0 unspecified atom stereocenters. The van der Waals surface area contributed by atoms with E-state index in [2.05, 4.69) is 10.1 Å². The maximum Gasteiger partial charge on any atom is 0.303 e. The molecule has 1 rings (SSSR count). The molecule has 1 aromatic rings. The minimum atomic E-state index is -0.804. The zero-order valence-electron chi connectivity index (χ0n) is 6.27. The second-order valence-corrected chi connectivity index (χ2v) is 2.61. The maximum absolute atomic E-state index is 10.1. The van der Waals surface area contributed by atoms with Crippen LogP contribution in [0.5, 0.6) is 0 Å². The van der Waals surface area contributed by atoms with Crippen molar-refractivity contribution in [2.75, 3.05) is 0 Å². The fourth-order valence-corrected chi connectivity index (χ4v) is 0.913. The van der Waals surface area contributed by atoms with Crippen molar-refractivity contribution in [2.45, 2.75) is 19.4 Å². The van der Waals surface area contributed by atoms with Gasteiger partial charge < -0.3 is 5.11 Å². The van der Waals surface area contributed by atoms with Crippen LogP contribution < -0.4 is 0 Å². The summed E-state index contributed by atoms with van der Waals surface area (Å²) in [4.78, 5) is 13.8. The number of nitrogens with zero attached hydrogens (tertiary/aromatic N) is 3. The summed E-state index contributed by atoms with van der Waals surface area (Å²) in [5, 5.41) is 12.3. The second-order valence-electron chi connectivity index (χ2n) is 2.27. The van der Waals surface area contributed by atoms with E-state index in [-0.39, 0.29) is 11.7 Å². The zero-order valence-corrected chi connectivity index (χ0v) is 7.03. The highest BCUT2D eigenvalue weighted by Crippen LogP contribution is 1.99. The van der Waals surface area contributed by atoms with Crippen LogP contribution in [0.15, 0.2) is 6.33 Å². The number of halogens is 1. The summed E-state index contributed by atoms with van der Waals surface area (Å²) in [5.74, 6) is -0.804. The highest BCUT2D eigenvalue weighted by molar-refractivity contribution is 6.28. The lowest BCUT2D eigenvalue weighted by atomic mass is 10.3. The Labute approximate surface area is 74.0 Å². The van der Waals surface area contributed by atoms with Crippen LogP contribution in [0.25, 0.3) is 0 Å². The van der Waals surface area contributed by atoms with Gasteiger partial charge in [0.1, 0.15) is 6.33 Å². The summed E-state index contributed by atoms with van der Waals surface area (Å²) in [6.45, 7) is 0.534. The molecular weight excluding hydrogens is 182 g/mol. The molecule has 66 valence electrons. The summed E-state index contributed by atoms with van der Waals surface area (Å²) in [6, 6.07) is 0. The number of rotatable bonds is 4. The van der Waals surface area contributed by atoms with Crippen LogP contribution in [-0.2, 0) is 11.3 Å². The van der Waals surface area contributed by atoms with Crippen molar-refractivity contribution in [3.8, 4) is 0 Å². The summed E-state index contributed by atoms with van der Waals surface area (Å²) < 4.78 is 1.52. The summed E-state index contributed by atoms with van der Waals surface area (Å²) in [5.41, 5.74) is 0. The maximum atomic E-state index is 10.1. The Morgan fingerprint density at radius 1 is 1.75 bits per heavy atom. The number of aliphatic carboxylic acids is 1. The molecule has 0 fully saturated rings. The average molecular weight is 190 g/mol. The Hall–Kier alpha value is -1.10. The van der Waals surface area contributed by atoms with Gasteiger partial charge in [0.15, 0.2) is 0 Å². The number of aryl methyl sites for hydroxylation is 1. The molecule has 0 radical (unpaired) electrons. The van der Waals surface area contributed by atoms with Crippen LogP contribution in [0.4, 0.5) is 0 Å². The monoisotopic (exact) mass is 189 g/mol. The molecule has 0 bridgehead atoms. The van der Waals surface area contributed by atoms with Gasteiger partial charge in [-0.2, -0.15) is 0 Å². The van der Waals surface area contributed by atoms with E-state index in [1.54, 1.807) is 0 Å². The fraction of sp³-hybridized carbons (Fsp3) is 0.500. The van der Waals surface area contributed by atoms with Gasteiger partial charge in [-0.05, 0) is 18.0 Å². The first kappa shape index (κ1) is 8.99. The van der Waals surface area contributed by atoms with E-state index in [0.717, 1.165) is 0 Å². The number of hydrogen-bond acceptors (Lipinski definition) is 3. The third-order valence-electron chi connectivity index (χ3n) is 1.29. The van der Waals surface area contributed by atoms with Gasteiger partial charge in [-0.3, -0.25) is 9.48 Å². The van der Waals surface area contributed by atoms with Crippen LogP contribution in [0, 0.1) is 0 Å². The van der Waals surface area contributed by atoms with Crippen molar-refractivity contribution in [3.05, 3.63) is 11.6 Å². The Kier molecular flexibility index (Phi) is 3.04. The van der Waals surface area contributed by atoms with Gasteiger partial charge in [-0.25, -0.2) is 4.98 Å². The van der Waals surface area contributed by atoms with E-state index in [4.69, 9.17) is 16.7 Å². The minimum Gasteiger partial charge on any atom is -0.481 e. The van der Waals surface area contributed by atoms with E-state index in [1.165, 1.54) is 11.0 Å². The minimum absolute atomic E-state index is 0.136. The molecular formula is C6H8ClN3O2. The summed E-state index contributed by atoms with van der Waals surface area (Å²) in [6.07, 6.45) is 2.15. The van der Waals surface area contributed by atoms with Crippen LogP contribution in [0.3, 0.4) is 0 Å². The molecule has 1 N–H and O–H groups in total. The normalized spacial score (nSPS) is 10.1. The van der Waals surface area contributed by atoms with Crippen molar-refractivity contribution in [1.82, 2.24) is 14.8 Å². The Balaban J connectivity index is 2.29.